The molecule has 6 heteroatoms. The summed E-state index contributed by atoms with van der Waals surface area (Å²) in [5, 5.41) is 11.5. The van der Waals surface area contributed by atoms with Crippen molar-refractivity contribution < 1.29 is 9.90 Å². The Bertz CT molecular complexity index is 598. The number of thiazole rings is 1. The second-order valence-electron chi connectivity index (χ2n) is 4.59. The predicted octanol–water partition coefficient (Wildman–Crippen LogP) is 5.20. The second kappa shape index (κ2) is 7.82. The summed E-state index contributed by atoms with van der Waals surface area (Å²) >= 11 is 8.69. The second-order valence-corrected chi connectivity index (χ2v) is 7.34. The summed E-state index contributed by atoms with van der Waals surface area (Å²) in [7, 11) is 0. The molecule has 0 saturated heterocycles. The zero-order chi connectivity index (χ0) is 15.2. The number of carboxylic acids is 1. The molecule has 1 atom stereocenters. The Morgan fingerprint density at radius 1 is 1.43 bits per heavy atom. The van der Waals surface area contributed by atoms with Crippen LogP contribution in [0.15, 0.2) is 34.0 Å². The molecule has 0 fully saturated rings. The molecule has 0 aliphatic carbocycles. The number of carbonyl (C=O) groups is 1. The van der Waals surface area contributed by atoms with E-state index >= 15 is 0 Å². The molecule has 1 unspecified atom stereocenters. The molecule has 21 heavy (non-hydrogen) atoms. The maximum Gasteiger partial charge on any atom is 0.317 e. The highest BCUT2D eigenvalue weighted by molar-refractivity contribution is 8.02. The minimum atomic E-state index is -0.767. The van der Waals surface area contributed by atoms with Gasteiger partial charge in [0.05, 0.1) is 5.69 Å². The minimum Gasteiger partial charge on any atom is -0.480 e. The Balaban J connectivity index is 2.08. The van der Waals surface area contributed by atoms with E-state index in [1.165, 1.54) is 23.1 Å². The summed E-state index contributed by atoms with van der Waals surface area (Å²) in [5.41, 5.74) is 1.85. The fourth-order valence-corrected chi connectivity index (χ4v) is 3.98. The van der Waals surface area contributed by atoms with E-state index < -0.39 is 11.2 Å². The maximum atomic E-state index is 11.3. The number of benzene rings is 1. The molecule has 2 aromatic rings. The quantitative estimate of drug-likeness (QED) is 0.703. The third-order valence-corrected chi connectivity index (χ3v) is 5.44. The van der Waals surface area contributed by atoms with Crippen LogP contribution in [0.5, 0.6) is 0 Å². The van der Waals surface area contributed by atoms with Crippen LogP contribution in [0, 0.1) is 0 Å². The van der Waals surface area contributed by atoms with Crippen LogP contribution in [0.1, 0.15) is 26.2 Å². The first-order valence-corrected chi connectivity index (χ1v) is 8.84. The first-order chi connectivity index (χ1) is 10.1. The van der Waals surface area contributed by atoms with Crippen molar-refractivity contribution >= 4 is 40.7 Å². The van der Waals surface area contributed by atoms with Gasteiger partial charge >= 0.3 is 5.97 Å². The van der Waals surface area contributed by atoms with Crippen LogP contribution in [0.25, 0.3) is 11.3 Å². The average Bonchev–Trinajstić information content (AvgIpc) is 2.92. The van der Waals surface area contributed by atoms with Crippen molar-refractivity contribution in [1.82, 2.24) is 4.98 Å². The highest BCUT2D eigenvalue weighted by Gasteiger charge is 2.20. The molecule has 1 N–H and O–H groups in total. The molecule has 112 valence electrons. The van der Waals surface area contributed by atoms with Gasteiger partial charge in [0.25, 0.3) is 0 Å². The lowest BCUT2D eigenvalue weighted by molar-refractivity contribution is -0.136. The van der Waals surface area contributed by atoms with Crippen molar-refractivity contribution in [3.05, 3.63) is 34.7 Å². The highest BCUT2D eigenvalue weighted by atomic mass is 35.5. The Labute approximate surface area is 137 Å². The first kappa shape index (κ1) is 16.3. The van der Waals surface area contributed by atoms with Crippen LogP contribution in [-0.4, -0.2) is 21.3 Å². The van der Waals surface area contributed by atoms with Crippen LogP contribution in [0.4, 0.5) is 0 Å². The SMILES string of the molecule is CCCCC(Sc1nc(-c2ccc(Cl)cc2)cs1)C(=O)O. The lowest BCUT2D eigenvalue weighted by Crippen LogP contribution is -2.15. The van der Waals surface area contributed by atoms with Gasteiger partial charge in [-0.3, -0.25) is 4.79 Å². The van der Waals surface area contributed by atoms with E-state index in [1.54, 1.807) is 0 Å². The van der Waals surface area contributed by atoms with Gasteiger partial charge in [-0.15, -0.1) is 11.3 Å². The zero-order valence-corrected chi connectivity index (χ0v) is 14.0. The van der Waals surface area contributed by atoms with Crippen LogP contribution in [-0.2, 0) is 4.79 Å². The van der Waals surface area contributed by atoms with E-state index in [0.717, 1.165) is 28.4 Å². The number of nitrogens with zero attached hydrogens (tertiary/aromatic N) is 1. The molecule has 0 bridgehead atoms. The van der Waals surface area contributed by atoms with Gasteiger partial charge in [0.1, 0.15) is 5.25 Å². The van der Waals surface area contributed by atoms with Crippen molar-refractivity contribution in [2.45, 2.75) is 35.8 Å². The van der Waals surface area contributed by atoms with Crippen molar-refractivity contribution in [3.8, 4) is 11.3 Å². The number of carboxylic acid groups (broad SMARTS) is 1. The average molecular weight is 342 g/mol. The number of hydrogen-bond acceptors (Lipinski definition) is 4. The Morgan fingerprint density at radius 3 is 2.76 bits per heavy atom. The topological polar surface area (TPSA) is 50.2 Å². The number of rotatable bonds is 7. The molecule has 1 aromatic heterocycles. The summed E-state index contributed by atoms with van der Waals surface area (Å²) in [6.07, 6.45) is 2.59. The molecule has 0 radical (unpaired) electrons. The Kier molecular flexibility index (Phi) is 6.08. The normalized spacial score (nSPS) is 12.3. The summed E-state index contributed by atoms with van der Waals surface area (Å²) in [6, 6.07) is 7.48. The van der Waals surface area contributed by atoms with Crippen LogP contribution >= 0.6 is 34.7 Å². The first-order valence-electron chi connectivity index (χ1n) is 6.71. The van der Waals surface area contributed by atoms with Gasteiger partial charge in [-0.2, -0.15) is 0 Å². The van der Waals surface area contributed by atoms with E-state index in [4.69, 9.17) is 11.6 Å². The van der Waals surface area contributed by atoms with Crippen LogP contribution in [0.3, 0.4) is 0 Å². The lowest BCUT2D eigenvalue weighted by Gasteiger charge is -2.08. The molecular weight excluding hydrogens is 326 g/mol. The van der Waals surface area contributed by atoms with Gasteiger partial charge in [-0.25, -0.2) is 4.98 Å². The third-order valence-electron chi connectivity index (χ3n) is 2.96. The smallest absolute Gasteiger partial charge is 0.317 e. The molecule has 2 rings (SSSR count). The van der Waals surface area contributed by atoms with E-state index in [-0.39, 0.29) is 0 Å². The number of unbranched alkanes of at least 4 members (excludes halogenated alkanes) is 1. The monoisotopic (exact) mass is 341 g/mol. The van der Waals surface area contributed by atoms with Gasteiger partial charge in [0.15, 0.2) is 4.34 Å². The molecule has 0 aliphatic rings. The van der Waals surface area contributed by atoms with E-state index in [2.05, 4.69) is 11.9 Å². The van der Waals surface area contributed by atoms with Gasteiger partial charge in [-0.05, 0) is 18.6 Å². The Hall–Kier alpha value is -1.04. The summed E-state index contributed by atoms with van der Waals surface area (Å²) in [4.78, 5) is 15.8. The molecule has 0 spiro atoms. The molecule has 0 amide bonds. The number of halogens is 1. The summed E-state index contributed by atoms with van der Waals surface area (Å²) < 4.78 is 0.795. The Morgan fingerprint density at radius 2 is 2.14 bits per heavy atom. The van der Waals surface area contributed by atoms with E-state index in [1.807, 2.05) is 29.6 Å². The van der Waals surface area contributed by atoms with E-state index in [0.29, 0.717) is 11.4 Å². The summed E-state index contributed by atoms with van der Waals surface area (Å²) in [5.74, 6) is -0.767. The van der Waals surface area contributed by atoms with Crippen molar-refractivity contribution in [2.75, 3.05) is 0 Å². The number of aromatic nitrogens is 1. The van der Waals surface area contributed by atoms with Gasteiger partial charge in [0, 0.05) is 16.0 Å². The minimum absolute atomic E-state index is 0.422. The van der Waals surface area contributed by atoms with Gasteiger partial charge in [0.2, 0.25) is 0 Å². The standard InChI is InChI=1S/C15H16ClNO2S2/c1-2-3-4-13(14(18)19)21-15-17-12(9-20-15)10-5-7-11(16)8-6-10/h5-9,13H,2-4H2,1H3,(H,18,19). The van der Waals surface area contributed by atoms with Gasteiger partial charge in [-0.1, -0.05) is 55.3 Å². The number of aliphatic carboxylic acids is 1. The molecule has 1 heterocycles. The van der Waals surface area contributed by atoms with Crippen molar-refractivity contribution in [1.29, 1.82) is 0 Å². The number of thioether (sulfide) groups is 1. The van der Waals surface area contributed by atoms with Gasteiger partial charge < -0.3 is 5.11 Å². The third kappa shape index (κ3) is 4.73. The maximum absolute atomic E-state index is 11.3. The molecule has 0 aliphatic heterocycles. The molecular formula is C15H16ClNO2S2. The fraction of sp³-hybridized carbons (Fsp3) is 0.333. The zero-order valence-electron chi connectivity index (χ0n) is 11.6. The predicted molar refractivity (Wildman–Crippen MR) is 89.4 cm³/mol. The van der Waals surface area contributed by atoms with Crippen LogP contribution < -0.4 is 0 Å². The number of hydrogen-bond donors (Lipinski definition) is 1. The summed E-state index contributed by atoms with van der Waals surface area (Å²) in [6.45, 7) is 2.06. The molecule has 0 saturated carbocycles. The highest BCUT2D eigenvalue weighted by Crippen LogP contribution is 2.33. The lowest BCUT2D eigenvalue weighted by atomic mass is 10.2. The van der Waals surface area contributed by atoms with E-state index in [9.17, 15) is 9.90 Å². The molecule has 1 aromatic carbocycles. The van der Waals surface area contributed by atoms with Crippen molar-refractivity contribution in [2.24, 2.45) is 0 Å². The fourth-order valence-electron chi connectivity index (χ4n) is 1.81. The van der Waals surface area contributed by atoms with Crippen molar-refractivity contribution in [3.63, 3.8) is 0 Å². The van der Waals surface area contributed by atoms with Crippen LogP contribution in [0.2, 0.25) is 5.02 Å². The largest absolute Gasteiger partial charge is 0.480 e. The molecule has 3 nitrogen and oxygen atoms in total.